The van der Waals surface area contributed by atoms with Gasteiger partial charge in [-0.15, -0.1) is 0 Å². The Morgan fingerprint density at radius 1 is 0.677 bits per heavy atom. The van der Waals surface area contributed by atoms with Gasteiger partial charge in [0.1, 0.15) is 17.3 Å². The summed E-state index contributed by atoms with van der Waals surface area (Å²) in [5.74, 6) is -0.479. The first-order valence-electron chi connectivity index (χ1n) is 9.28. The topological polar surface area (TPSA) is 119 Å². The minimum absolute atomic E-state index is 0. The maximum Gasteiger partial charge on any atom is 0.316 e. The van der Waals surface area contributed by atoms with Gasteiger partial charge < -0.3 is 38.3 Å². The lowest BCUT2D eigenvalue weighted by Gasteiger charge is -2.03. The highest BCUT2D eigenvalue weighted by atomic mass is 79.9. The Kier molecular flexibility index (Phi) is 45.3. The quantitative estimate of drug-likeness (QED) is 0.153. The number of carbonyl (C=O) groups excluding carboxylic acids is 2. The second-order valence-corrected chi connectivity index (χ2v) is 5.96. The highest BCUT2D eigenvalue weighted by Crippen LogP contribution is 1.86. The van der Waals surface area contributed by atoms with Crippen molar-refractivity contribution in [1.29, 1.82) is 0 Å². The number of esters is 2. The SMILES string of the molecule is C.CCOC(=O)CBr.COCCOCCOC(=O)CBr.COCCOCCOCCO. The fourth-order valence-electron chi connectivity index (χ4n) is 1.23. The highest BCUT2D eigenvalue weighted by Gasteiger charge is 1.97. The van der Waals surface area contributed by atoms with Gasteiger partial charge in [0.25, 0.3) is 0 Å². The molecule has 0 heterocycles. The van der Waals surface area contributed by atoms with Gasteiger partial charge in [-0.2, -0.15) is 0 Å². The lowest BCUT2D eigenvalue weighted by molar-refractivity contribution is -0.142. The van der Waals surface area contributed by atoms with Crippen LogP contribution in [0.4, 0.5) is 0 Å². The number of aliphatic hydroxyl groups excluding tert-OH is 1. The third-order valence-corrected chi connectivity index (χ3v) is 3.40. The van der Waals surface area contributed by atoms with E-state index in [9.17, 15) is 9.59 Å². The van der Waals surface area contributed by atoms with Crippen molar-refractivity contribution in [3.63, 3.8) is 0 Å². The molecule has 1 N–H and O–H groups in total. The van der Waals surface area contributed by atoms with Crippen LogP contribution in [0.25, 0.3) is 0 Å². The second-order valence-electron chi connectivity index (χ2n) is 4.84. The van der Waals surface area contributed by atoms with E-state index in [1.807, 2.05) is 0 Å². The number of alkyl halides is 2. The maximum atomic E-state index is 10.6. The van der Waals surface area contributed by atoms with E-state index in [4.69, 9.17) is 33.5 Å². The molecule has 0 aliphatic heterocycles. The van der Waals surface area contributed by atoms with Crippen molar-refractivity contribution in [1.82, 2.24) is 0 Å². The van der Waals surface area contributed by atoms with E-state index >= 15 is 0 Å². The molecule has 12 heteroatoms. The van der Waals surface area contributed by atoms with Crippen LogP contribution in [0.15, 0.2) is 0 Å². The first kappa shape index (κ1) is 37.9. The first-order chi connectivity index (χ1) is 14.5. The molecule has 0 saturated heterocycles. The van der Waals surface area contributed by atoms with E-state index in [-0.39, 0.29) is 31.3 Å². The molecule has 31 heavy (non-hydrogen) atoms. The van der Waals surface area contributed by atoms with Crippen LogP contribution in [0.5, 0.6) is 0 Å². The zero-order valence-electron chi connectivity index (χ0n) is 18.1. The number of halogens is 2. The van der Waals surface area contributed by atoms with E-state index < -0.39 is 0 Å². The standard InChI is InChI=1S/C7H13BrO4.C7H16O4.C4H7BrO2.CH4/c1-10-2-3-11-4-5-12-7(9)6-8;1-9-4-5-11-7-6-10-3-2-8;1-2-7-4(6)3-5;/h2-6H2,1H3;8H,2-7H2,1H3;2-3H2,1H3;1H4. The molecule has 0 bridgehead atoms. The molecule has 0 fully saturated rings. The van der Waals surface area contributed by atoms with E-state index in [0.717, 1.165) is 0 Å². The smallest absolute Gasteiger partial charge is 0.316 e. The van der Waals surface area contributed by atoms with Crippen molar-refractivity contribution >= 4 is 43.8 Å². The van der Waals surface area contributed by atoms with Crippen LogP contribution in [0.3, 0.4) is 0 Å². The summed E-state index contributed by atoms with van der Waals surface area (Å²) in [7, 11) is 3.24. The summed E-state index contributed by atoms with van der Waals surface area (Å²) in [4.78, 5) is 20.7. The van der Waals surface area contributed by atoms with Crippen LogP contribution in [-0.4, -0.2) is 115 Å². The predicted octanol–water partition coefficient (Wildman–Crippen LogP) is 1.83. The molecular weight excluding hydrogens is 548 g/mol. The molecule has 10 nitrogen and oxygen atoms in total. The Morgan fingerprint density at radius 3 is 1.42 bits per heavy atom. The van der Waals surface area contributed by atoms with Crippen molar-refractivity contribution in [2.24, 2.45) is 0 Å². The van der Waals surface area contributed by atoms with Gasteiger partial charge >= 0.3 is 11.9 Å². The minimum atomic E-state index is -0.273. The Hall–Kier alpha value is -0.340. The van der Waals surface area contributed by atoms with Crippen LogP contribution in [-0.2, 0) is 42.7 Å². The molecule has 0 radical (unpaired) electrons. The summed E-state index contributed by atoms with van der Waals surface area (Å²) in [6.07, 6.45) is 0. The normalized spacial score (nSPS) is 9.35. The molecule has 0 aliphatic rings. The lowest BCUT2D eigenvalue weighted by atomic mass is 10.7. The van der Waals surface area contributed by atoms with Crippen LogP contribution in [0.2, 0.25) is 0 Å². The molecule has 190 valence electrons. The van der Waals surface area contributed by atoms with Gasteiger partial charge in [0, 0.05) is 14.2 Å². The Bertz CT molecular complexity index is 342. The van der Waals surface area contributed by atoms with E-state index in [1.54, 1.807) is 21.1 Å². The van der Waals surface area contributed by atoms with Crippen LogP contribution in [0.1, 0.15) is 14.4 Å². The van der Waals surface area contributed by atoms with Crippen LogP contribution in [0, 0.1) is 0 Å². The monoisotopic (exact) mass is 586 g/mol. The maximum absolute atomic E-state index is 10.6. The highest BCUT2D eigenvalue weighted by molar-refractivity contribution is 9.09. The molecule has 0 aliphatic carbocycles. The summed E-state index contributed by atoms with van der Waals surface area (Å²) in [6.45, 7) is 6.80. The average Bonchev–Trinajstić information content (AvgIpc) is 2.76. The second kappa shape index (κ2) is 37.0. The van der Waals surface area contributed by atoms with Crippen LogP contribution < -0.4 is 0 Å². The number of ether oxygens (including phenoxy) is 7. The molecule has 0 amide bonds. The molecule has 0 spiro atoms. The third kappa shape index (κ3) is 44.2. The zero-order valence-corrected chi connectivity index (χ0v) is 21.2. The van der Waals surface area contributed by atoms with Gasteiger partial charge in [0.05, 0.1) is 66.1 Å². The van der Waals surface area contributed by atoms with E-state index in [1.165, 1.54) is 0 Å². The summed E-state index contributed by atoms with van der Waals surface area (Å²) >= 11 is 5.91. The van der Waals surface area contributed by atoms with Gasteiger partial charge in [-0.05, 0) is 6.92 Å². The predicted molar refractivity (Wildman–Crippen MR) is 125 cm³/mol. The fraction of sp³-hybridized carbons (Fsp3) is 0.895. The molecule has 0 aromatic rings. The first-order valence-corrected chi connectivity index (χ1v) is 11.5. The van der Waals surface area contributed by atoms with Gasteiger partial charge in [0.15, 0.2) is 0 Å². The number of hydrogen-bond donors (Lipinski definition) is 1. The molecule has 0 unspecified atom stereocenters. The Labute approximate surface area is 203 Å². The Morgan fingerprint density at radius 2 is 1.06 bits per heavy atom. The number of hydrogen-bond acceptors (Lipinski definition) is 10. The molecule has 0 aromatic carbocycles. The fourth-order valence-corrected chi connectivity index (χ4v) is 1.55. The summed E-state index contributed by atoms with van der Waals surface area (Å²) in [6, 6.07) is 0. The summed E-state index contributed by atoms with van der Waals surface area (Å²) in [5.41, 5.74) is 0. The molecule has 0 rings (SSSR count). The van der Waals surface area contributed by atoms with E-state index in [2.05, 4.69) is 36.6 Å². The number of methoxy groups -OCH3 is 2. The van der Waals surface area contributed by atoms with E-state index in [0.29, 0.717) is 71.4 Å². The molecule has 0 saturated carbocycles. The molecule has 0 aromatic heterocycles. The van der Waals surface area contributed by atoms with Crippen molar-refractivity contribution in [2.75, 3.05) is 97.6 Å². The molecular formula is C19H40Br2O10. The number of rotatable bonds is 17. The Balaban J connectivity index is -0.000000179. The van der Waals surface area contributed by atoms with Gasteiger partial charge in [-0.3, -0.25) is 9.59 Å². The van der Waals surface area contributed by atoms with Crippen LogP contribution >= 0.6 is 31.9 Å². The van der Waals surface area contributed by atoms with Crippen molar-refractivity contribution in [3.05, 3.63) is 0 Å². The summed E-state index contributed by atoms with van der Waals surface area (Å²) < 4.78 is 33.8. The number of aliphatic hydroxyl groups is 1. The van der Waals surface area contributed by atoms with Crippen molar-refractivity contribution in [2.45, 2.75) is 14.4 Å². The average molecular weight is 588 g/mol. The summed E-state index contributed by atoms with van der Waals surface area (Å²) in [5, 5.41) is 8.84. The largest absolute Gasteiger partial charge is 0.465 e. The van der Waals surface area contributed by atoms with Gasteiger partial charge in [-0.25, -0.2) is 0 Å². The van der Waals surface area contributed by atoms with Crippen molar-refractivity contribution < 1.29 is 47.9 Å². The van der Waals surface area contributed by atoms with Crippen molar-refractivity contribution in [3.8, 4) is 0 Å². The molecule has 0 atom stereocenters. The minimum Gasteiger partial charge on any atom is -0.465 e. The number of carbonyl (C=O) groups is 2. The third-order valence-electron chi connectivity index (χ3n) is 2.49. The zero-order chi connectivity index (χ0) is 23.3. The lowest BCUT2D eigenvalue weighted by Crippen LogP contribution is -2.12. The van der Waals surface area contributed by atoms with Gasteiger partial charge in [0.2, 0.25) is 0 Å². The van der Waals surface area contributed by atoms with Gasteiger partial charge in [-0.1, -0.05) is 39.3 Å².